The molecule has 33 heavy (non-hydrogen) atoms. The Kier molecular flexibility index (Phi) is 8.00. The van der Waals surface area contributed by atoms with E-state index in [0.29, 0.717) is 22.8 Å². The van der Waals surface area contributed by atoms with Crippen LogP contribution < -0.4 is 11.1 Å². The van der Waals surface area contributed by atoms with Gasteiger partial charge in [0.05, 0.1) is 20.5 Å². The summed E-state index contributed by atoms with van der Waals surface area (Å²) < 4.78 is 24.0. The first-order valence-corrected chi connectivity index (χ1v) is 13.3. The van der Waals surface area contributed by atoms with Crippen LogP contribution in [0.4, 0.5) is 5.13 Å². The molecule has 4 N–H and O–H groups in total. The molecule has 2 aromatic rings. The molecule has 0 bridgehead atoms. The number of benzene rings is 1. The van der Waals surface area contributed by atoms with Crippen molar-refractivity contribution in [2.75, 3.05) is 11.6 Å². The zero-order valence-electron chi connectivity index (χ0n) is 19.5. The standard InChI is InChI=1S/C22H30ClN3O5S2/c1-12-17(13-7-8-14(23)16(9-13)33(6,30)31)32-20(25-12)26-19(29)22(4,5)11-21(2,3)10-15(24)18(27)28/h7-9,15H,10-11,24H2,1-6H3,(H,27,28)(H,25,26,29)/t15-/m0/s1. The number of aryl methyl sites for hydroxylation is 1. The van der Waals surface area contributed by atoms with Crippen LogP contribution in [0.25, 0.3) is 10.4 Å². The second kappa shape index (κ2) is 9.69. The lowest BCUT2D eigenvalue weighted by Crippen LogP contribution is -2.40. The van der Waals surface area contributed by atoms with Crippen LogP contribution in [0.5, 0.6) is 0 Å². The number of carbonyl (C=O) groups is 2. The number of carboxylic acids is 1. The Labute approximate surface area is 203 Å². The van der Waals surface area contributed by atoms with Crippen LogP contribution in [-0.2, 0) is 19.4 Å². The lowest BCUT2D eigenvalue weighted by Gasteiger charge is -2.34. The number of aromatic nitrogens is 1. The summed E-state index contributed by atoms with van der Waals surface area (Å²) in [7, 11) is -3.50. The van der Waals surface area contributed by atoms with Crippen LogP contribution in [0.15, 0.2) is 23.1 Å². The number of carbonyl (C=O) groups excluding carboxylic acids is 1. The third kappa shape index (κ3) is 6.99. The van der Waals surface area contributed by atoms with Crippen molar-refractivity contribution in [1.29, 1.82) is 0 Å². The molecule has 0 saturated carbocycles. The van der Waals surface area contributed by atoms with Crippen LogP contribution in [0, 0.1) is 17.8 Å². The number of nitrogens with one attached hydrogen (secondary N) is 1. The van der Waals surface area contributed by atoms with Crippen LogP contribution in [0.3, 0.4) is 0 Å². The molecule has 2 rings (SSSR count). The van der Waals surface area contributed by atoms with E-state index in [9.17, 15) is 18.0 Å². The molecule has 1 aromatic heterocycles. The molecule has 1 aromatic carbocycles. The number of sulfone groups is 1. The van der Waals surface area contributed by atoms with Crippen molar-refractivity contribution in [3.8, 4) is 10.4 Å². The molecule has 1 atom stereocenters. The van der Waals surface area contributed by atoms with Crippen molar-refractivity contribution in [2.45, 2.75) is 58.4 Å². The number of hydrogen-bond acceptors (Lipinski definition) is 7. The van der Waals surface area contributed by atoms with Crippen molar-refractivity contribution >= 4 is 49.8 Å². The monoisotopic (exact) mass is 515 g/mol. The number of amides is 1. The normalized spacial score (nSPS) is 13.6. The van der Waals surface area contributed by atoms with E-state index < -0.39 is 32.7 Å². The fourth-order valence-electron chi connectivity index (χ4n) is 3.94. The highest BCUT2D eigenvalue weighted by Crippen LogP contribution is 2.39. The molecule has 0 radical (unpaired) electrons. The molecule has 0 aliphatic rings. The molecule has 1 heterocycles. The largest absolute Gasteiger partial charge is 0.480 e. The summed E-state index contributed by atoms with van der Waals surface area (Å²) in [6.45, 7) is 9.12. The Balaban J connectivity index is 2.24. The first kappa shape index (κ1) is 27.2. The number of hydrogen-bond donors (Lipinski definition) is 3. The van der Waals surface area contributed by atoms with Crippen LogP contribution >= 0.6 is 22.9 Å². The van der Waals surface area contributed by atoms with Gasteiger partial charge in [0.15, 0.2) is 15.0 Å². The minimum atomic E-state index is -3.50. The number of anilines is 1. The Morgan fingerprint density at radius 2 is 1.88 bits per heavy atom. The fourth-order valence-corrected chi connectivity index (χ4v) is 6.20. The van der Waals surface area contributed by atoms with Gasteiger partial charge in [-0.05, 0) is 42.9 Å². The average Bonchev–Trinajstić information content (AvgIpc) is 2.99. The van der Waals surface area contributed by atoms with Crippen molar-refractivity contribution in [3.63, 3.8) is 0 Å². The van der Waals surface area contributed by atoms with E-state index in [2.05, 4.69) is 10.3 Å². The number of aliphatic carboxylic acids is 1. The van der Waals surface area contributed by atoms with Crippen LogP contribution in [-0.4, -0.2) is 42.7 Å². The predicted octanol–water partition coefficient (Wildman–Crippen LogP) is 4.36. The highest BCUT2D eigenvalue weighted by Gasteiger charge is 2.37. The highest BCUT2D eigenvalue weighted by molar-refractivity contribution is 7.90. The lowest BCUT2D eigenvalue weighted by atomic mass is 9.71. The van der Waals surface area contributed by atoms with Gasteiger partial charge < -0.3 is 16.2 Å². The maximum absolute atomic E-state index is 13.0. The quantitative estimate of drug-likeness (QED) is 0.450. The van der Waals surface area contributed by atoms with Crippen LogP contribution in [0.1, 0.15) is 46.2 Å². The van der Waals surface area contributed by atoms with E-state index in [0.717, 1.165) is 11.1 Å². The minimum absolute atomic E-state index is 0.0305. The molecule has 0 unspecified atom stereocenters. The van der Waals surface area contributed by atoms with Gasteiger partial charge in [-0.3, -0.25) is 9.59 Å². The molecule has 0 aliphatic carbocycles. The molecule has 8 nitrogen and oxygen atoms in total. The summed E-state index contributed by atoms with van der Waals surface area (Å²) in [6, 6.07) is 3.74. The van der Waals surface area contributed by atoms with E-state index in [-0.39, 0.29) is 22.2 Å². The minimum Gasteiger partial charge on any atom is -0.480 e. The number of carboxylic acid groups (broad SMARTS) is 1. The molecule has 0 spiro atoms. The SMILES string of the molecule is Cc1nc(NC(=O)C(C)(C)CC(C)(C)C[C@H](N)C(=O)O)sc1-c1ccc(Cl)c(S(C)(=O)=O)c1. The second-order valence-corrected chi connectivity index (χ2v) is 13.1. The molecule has 1 amide bonds. The maximum atomic E-state index is 13.0. The Morgan fingerprint density at radius 1 is 1.27 bits per heavy atom. The Morgan fingerprint density at radius 3 is 2.42 bits per heavy atom. The fraction of sp³-hybridized carbons (Fsp3) is 0.500. The van der Waals surface area contributed by atoms with E-state index in [1.54, 1.807) is 26.8 Å². The van der Waals surface area contributed by atoms with Crippen LogP contribution in [0.2, 0.25) is 5.02 Å². The van der Waals surface area contributed by atoms with Crippen molar-refractivity contribution in [3.05, 3.63) is 28.9 Å². The van der Waals surface area contributed by atoms with Gasteiger partial charge >= 0.3 is 5.97 Å². The lowest BCUT2D eigenvalue weighted by molar-refractivity contribution is -0.139. The molecule has 11 heteroatoms. The van der Waals surface area contributed by atoms with Gasteiger partial charge in [0.25, 0.3) is 0 Å². The van der Waals surface area contributed by atoms with Crippen molar-refractivity contribution < 1.29 is 23.1 Å². The second-order valence-electron chi connectivity index (χ2n) is 9.68. The highest BCUT2D eigenvalue weighted by atomic mass is 35.5. The number of thiazole rings is 1. The zero-order chi connectivity index (χ0) is 25.4. The Hall–Kier alpha value is -2.01. The molecule has 0 saturated heterocycles. The van der Waals surface area contributed by atoms with Gasteiger partial charge in [-0.15, -0.1) is 0 Å². The first-order chi connectivity index (χ1) is 14.9. The number of halogens is 1. The van der Waals surface area contributed by atoms with Crippen molar-refractivity contribution in [2.24, 2.45) is 16.6 Å². The van der Waals surface area contributed by atoms with Gasteiger partial charge in [-0.25, -0.2) is 13.4 Å². The van der Waals surface area contributed by atoms with E-state index in [1.165, 1.54) is 23.5 Å². The summed E-state index contributed by atoms with van der Waals surface area (Å²) in [5.74, 6) is -1.33. The smallest absolute Gasteiger partial charge is 0.320 e. The zero-order valence-corrected chi connectivity index (χ0v) is 21.9. The molecule has 0 fully saturated rings. The molecular weight excluding hydrogens is 486 g/mol. The number of nitrogens with two attached hydrogens (primary N) is 1. The van der Waals surface area contributed by atoms with Gasteiger partial charge in [0, 0.05) is 11.7 Å². The average molecular weight is 516 g/mol. The molecule has 0 aliphatic heterocycles. The summed E-state index contributed by atoms with van der Waals surface area (Å²) in [5, 5.41) is 12.5. The summed E-state index contributed by atoms with van der Waals surface area (Å²) in [5.41, 5.74) is 5.67. The van der Waals surface area contributed by atoms with Gasteiger partial charge in [-0.2, -0.15) is 0 Å². The third-order valence-electron chi connectivity index (χ3n) is 5.23. The third-order valence-corrected chi connectivity index (χ3v) is 7.94. The van der Waals surface area contributed by atoms with Gasteiger partial charge in [-0.1, -0.05) is 56.7 Å². The number of rotatable bonds is 9. The predicted molar refractivity (Wildman–Crippen MR) is 131 cm³/mol. The number of nitrogens with zero attached hydrogens (tertiary/aromatic N) is 1. The summed E-state index contributed by atoms with van der Waals surface area (Å²) in [6.07, 6.45) is 1.74. The summed E-state index contributed by atoms with van der Waals surface area (Å²) in [4.78, 5) is 29.3. The van der Waals surface area contributed by atoms with Crippen molar-refractivity contribution in [1.82, 2.24) is 4.98 Å². The Bertz CT molecular complexity index is 1170. The molecular formula is C22H30ClN3O5S2. The molecule has 182 valence electrons. The summed E-state index contributed by atoms with van der Waals surface area (Å²) >= 11 is 7.28. The van der Waals surface area contributed by atoms with Gasteiger partial charge in [0.1, 0.15) is 6.04 Å². The maximum Gasteiger partial charge on any atom is 0.320 e. The van der Waals surface area contributed by atoms with E-state index >= 15 is 0 Å². The first-order valence-electron chi connectivity index (χ1n) is 10.2. The van der Waals surface area contributed by atoms with Gasteiger partial charge in [0.2, 0.25) is 5.91 Å². The topological polar surface area (TPSA) is 139 Å². The van der Waals surface area contributed by atoms with E-state index in [4.69, 9.17) is 22.4 Å². The van der Waals surface area contributed by atoms with E-state index in [1.807, 2.05) is 13.8 Å².